The van der Waals surface area contributed by atoms with Crippen LogP contribution in [-0.4, -0.2) is 40.3 Å². The molecule has 0 aromatic heterocycles. The number of carbonyl (C=O) groups excluding carboxylic acids is 1. The first kappa shape index (κ1) is 11.8. The summed E-state index contributed by atoms with van der Waals surface area (Å²) in [5, 5.41) is 24.8. The van der Waals surface area contributed by atoms with Gasteiger partial charge in [0.15, 0.2) is 23.4 Å². The lowest BCUT2D eigenvalue weighted by molar-refractivity contribution is -0.139. The van der Waals surface area contributed by atoms with E-state index in [1.54, 1.807) is 12.1 Å². The van der Waals surface area contributed by atoms with Gasteiger partial charge in [-0.3, -0.25) is 4.79 Å². The zero-order valence-electron chi connectivity index (χ0n) is 11.3. The highest BCUT2D eigenvalue weighted by Gasteiger charge is 2.70. The molecule has 3 N–H and O–H groups in total. The number of hydrogen-bond acceptors (Lipinski definition) is 5. The Kier molecular flexibility index (Phi) is 1.86. The van der Waals surface area contributed by atoms with Gasteiger partial charge in [0.25, 0.3) is 0 Å². The summed E-state index contributed by atoms with van der Waals surface area (Å²) < 4.78 is 5.85. The maximum atomic E-state index is 12.3. The number of ether oxygens (including phenoxy) is 1. The van der Waals surface area contributed by atoms with Crippen molar-refractivity contribution in [2.24, 2.45) is 0 Å². The van der Waals surface area contributed by atoms with Crippen LogP contribution in [0.1, 0.15) is 17.5 Å². The minimum Gasteiger partial charge on any atom is -0.504 e. The average Bonchev–Trinajstić information content (AvgIpc) is 2.80. The van der Waals surface area contributed by atoms with Crippen molar-refractivity contribution in [3.8, 4) is 11.5 Å². The summed E-state index contributed by atoms with van der Waals surface area (Å²) >= 11 is 0. The van der Waals surface area contributed by atoms with Crippen LogP contribution in [0.2, 0.25) is 0 Å². The number of benzene rings is 1. The minimum atomic E-state index is -1.14. The fourth-order valence-electron chi connectivity index (χ4n) is 4.83. The third-order valence-corrected chi connectivity index (χ3v) is 5.69. The van der Waals surface area contributed by atoms with Gasteiger partial charge in [0, 0.05) is 11.6 Å². The highest BCUT2D eigenvalue weighted by molar-refractivity contribution is 5.99. The molecule has 1 fully saturated rings. The molecule has 0 radical (unpaired) electrons. The maximum Gasteiger partial charge on any atom is 0.196 e. The van der Waals surface area contributed by atoms with Crippen molar-refractivity contribution < 1.29 is 19.7 Å². The van der Waals surface area contributed by atoms with Crippen molar-refractivity contribution in [1.29, 1.82) is 0 Å². The summed E-state index contributed by atoms with van der Waals surface area (Å²) in [5.74, 6) is 0.293. The zero-order chi connectivity index (χ0) is 14.4. The van der Waals surface area contributed by atoms with Gasteiger partial charge in [-0.15, -0.1) is 0 Å². The van der Waals surface area contributed by atoms with Gasteiger partial charge in [-0.25, -0.2) is 0 Å². The predicted molar refractivity (Wildman–Crippen MR) is 73.4 cm³/mol. The van der Waals surface area contributed by atoms with Crippen LogP contribution in [0.15, 0.2) is 24.3 Å². The maximum absolute atomic E-state index is 12.3. The van der Waals surface area contributed by atoms with Gasteiger partial charge < -0.3 is 20.3 Å². The third kappa shape index (κ3) is 1.05. The molecule has 108 valence electrons. The predicted octanol–water partition coefficient (Wildman–Crippen LogP) is 0.179. The molecule has 5 heteroatoms. The molecule has 5 nitrogen and oxygen atoms in total. The van der Waals surface area contributed by atoms with Gasteiger partial charge in [0.2, 0.25) is 0 Å². The molecule has 2 bridgehead atoms. The number of hydrogen-bond donors (Lipinski definition) is 3. The van der Waals surface area contributed by atoms with Crippen molar-refractivity contribution in [3.63, 3.8) is 0 Å². The Hall–Kier alpha value is -1.85. The monoisotopic (exact) mass is 285 g/mol. The van der Waals surface area contributed by atoms with Crippen LogP contribution in [0.4, 0.5) is 0 Å². The first-order valence-electron chi connectivity index (χ1n) is 7.29. The minimum absolute atomic E-state index is 0.0460. The van der Waals surface area contributed by atoms with Gasteiger partial charge in [0.1, 0.15) is 5.60 Å². The lowest BCUT2D eigenvalue weighted by atomic mass is 9.51. The molecule has 0 saturated carbocycles. The summed E-state index contributed by atoms with van der Waals surface area (Å²) in [6.07, 6.45) is 3.60. The van der Waals surface area contributed by atoms with Gasteiger partial charge >= 0.3 is 0 Å². The highest BCUT2D eigenvalue weighted by atomic mass is 16.5. The Labute approximate surface area is 121 Å². The molecular formula is C16H15NO4. The first-order chi connectivity index (χ1) is 10.1. The van der Waals surface area contributed by atoms with Crippen LogP contribution < -0.4 is 10.1 Å². The Bertz CT molecular complexity index is 727. The topological polar surface area (TPSA) is 78.8 Å². The number of rotatable bonds is 0. The first-order valence-corrected chi connectivity index (χ1v) is 7.29. The van der Waals surface area contributed by atoms with E-state index in [1.165, 1.54) is 6.08 Å². The Balaban J connectivity index is 1.93. The van der Waals surface area contributed by atoms with Crippen molar-refractivity contribution in [1.82, 2.24) is 5.32 Å². The summed E-state index contributed by atoms with van der Waals surface area (Å²) in [5.41, 5.74) is -0.0209. The van der Waals surface area contributed by atoms with E-state index >= 15 is 0 Å². The molecule has 1 aromatic carbocycles. The van der Waals surface area contributed by atoms with Crippen molar-refractivity contribution in [2.75, 3.05) is 6.54 Å². The molecule has 1 saturated heterocycles. The number of carbonyl (C=O) groups is 1. The molecule has 0 amide bonds. The fraction of sp³-hybridized carbons (Fsp3) is 0.438. The second-order valence-corrected chi connectivity index (χ2v) is 6.44. The van der Waals surface area contributed by atoms with E-state index in [4.69, 9.17) is 4.74 Å². The highest BCUT2D eigenvalue weighted by Crippen LogP contribution is 2.62. The average molecular weight is 285 g/mol. The molecule has 21 heavy (non-hydrogen) atoms. The van der Waals surface area contributed by atoms with Crippen LogP contribution >= 0.6 is 0 Å². The Morgan fingerprint density at radius 1 is 1.38 bits per heavy atom. The number of phenols is 1. The van der Waals surface area contributed by atoms with E-state index in [1.807, 2.05) is 6.07 Å². The Morgan fingerprint density at radius 2 is 2.24 bits per heavy atom. The number of phenolic OH excluding ortho intramolecular Hbond substituents is 1. The summed E-state index contributed by atoms with van der Waals surface area (Å²) in [4.78, 5) is 12.3. The van der Waals surface area contributed by atoms with E-state index in [0.29, 0.717) is 18.6 Å². The summed E-state index contributed by atoms with van der Waals surface area (Å²) in [6, 6.07) is 3.36. The van der Waals surface area contributed by atoms with E-state index in [9.17, 15) is 15.0 Å². The second kappa shape index (κ2) is 3.31. The van der Waals surface area contributed by atoms with E-state index in [0.717, 1.165) is 17.7 Å². The lowest BCUT2D eigenvalue weighted by Gasteiger charge is -2.57. The normalized spacial score (nSPS) is 41.7. The molecule has 1 aromatic rings. The number of piperidine rings is 1. The van der Waals surface area contributed by atoms with Crippen LogP contribution in [-0.2, 0) is 16.6 Å². The lowest BCUT2D eigenvalue weighted by Crippen LogP contribution is -2.74. The molecule has 2 aliphatic carbocycles. The zero-order valence-corrected chi connectivity index (χ0v) is 11.3. The number of aromatic hydroxyl groups is 1. The fourth-order valence-corrected chi connectivity index (χ4v) is 4.83. The molecule has 2 aliphatic heterocycles. The molecule has 5 rings (SSSR count). The van der Waals surface area contributed by atoms with Gasteiger partial charge in [-0.05, 0) is 43.2 Å². The SMILES string of the molecule is O=C1C=CC2(O)C3Cc4ccc(O)c5c4C2(CCN3)C1O5. The van der Waals surface area contributed by atoms with Crippen LogP contribution in [0.25, 0.3) is 0 Å². The number of aliphatic hydroxyl groups is 1. The van der Waals surface area contributed by atoms with Crippen molar-refractivity contribution in [3.05, 3.63) is 35.4 Å². The van der Waals surface area contributed by atoms with E-state index < -0.39 is 17.1 Å². The second-order valence-electron chi connectivity index (χ2n) is 6.44. The smallest absolute Gasteiger partial charge is 0.196 e. The summed E-state index contributed by atoms with van der Waals surface area (Å²) in [6.45, 7) is 0.725. The molecule has 4 unspecified atom stereocenters. The van der Waals surface area contributed by atoms with Crippen LogP contribution in [0.3, 0.4) is 0 Å². The standard InChI is InChI=1S/C16H15NO4/c18-9-2-1-8-7-11-16(20)4-3-10(19)14-15(16,5-6-17-11)12(8)13(9)21-14/h1-4,11,14,17-18,20H,5-7H2. The molecule has 4 aliphatic rings. The van der Waals surface area contributed by atoms with E-state index in [-0.39, 0.29) is 17.6 Å². The quantitative estimate of drug-likeness (QED) is 0.634. The molecule has 2 heterocycles. The molecule has 4 atom stereocenters. The number of nitrogens with one attached hydrogen (secondary N) is 1. The largest absolute Gasteiger partial charge is 0.504 e. The van der Waals surface area contributed by atoms with Crippen molar-refractivity contribution in [2.45, 2.75) is 36.0 Å². The number of ketones is 1. The van der Waals surface area contributed by atoms with Crippen LogP contribution in [0, 0.1) is 0 Å². The van der Waals surface area contributed by atoms with Gasteiger partial charge in [-0.1, -0.05) is 6.07 Å². The van der Waals surface area contributed by atoms with Crippen LogP contribution in [0.5, 0.6) is 11.5 Å². The third-order valence-electron chi connectivity index (χ3n) is 5.69. The van der Waals surface area contributed by atoms with Gasteiger partial charge in [-0.2, -0.15) is 0 Å². The van der Waals surface area contributed by atoms with E-state index in [2.05, 4.69) is 5.32 Å². The van der Waals surface area contributed by atoms with Gasteiger partial charge in [0.05, 0.1) is 5.41 Å². The van der Waals surface area contributed by atoms with Crippen molar-refractivity contribution >= 4 is 5.78 Å². The summed E-state index contributed by atoms with van der Waals surface area (Å²) in [7, 11) is 0. The molecule has 1 spiro atoms. The molecular weight excluding hydrogens is 270 g/mol. The Morgan fingerprint density at radius 3 is 3.10 bits per heavy atom.